The first-order valence-electron chi connectivity index (χ1n) is 8.11. The second-order valence-electron chi connectivity index (χ2n) is 5.54. The molecule has 0 aliphatic carbocycles. The highest BCUT2D eigenvalue weighted by Crippen LogP contribution is 2.14. The maximum absolute atomic E-state index is 12.1. The van der Waals surface area contributed by atoms with Crippen molar-refractivity contribution in [2.75, 3.05) is 13.7 Å². The SMILES string of the molecule is COc1ccc(C(=O)CCCC(=O)NCCc2nc(C(=O)O)cs2)cc1. The summed E-state index contributed by atoms with van der Waals surface area (Å²) in [4.78, 5) is 38.5. The van der Waals surface area contributed by atoms with Gasteiger partial charge in [-0.05, 0) is 30.7 Å². The number of carboxylic acid groups (broad SMARTS) is 1. The molecule has 7 nitrogen and oxygen atoms in total. The van der Waals surface area contributed by atoms with Gasteiger partial charge in [-0.15, -0.1) is 11.3 Å². The van der Waals surface area contributed by atoms with Crippen LogP contribution in [0.3, 0.4) is 0 Å². The molecule has 1 aromatic carbocycles. The molecular formula is C18H20N2O5S. The minimum Gasteiger partial charge on any atom is -0.497 e. The molecule has 2 N–H and O–H groups in total. The van der Waals surface area contributed by atoms with Gasteiger partial charge in [0.2, 0.25) is 5.91 Å². The van der Waals surface area contributed by atoms with Gasteiger partial charge in [-0.25, -0.2) is 9.78 Å². The predicted molar refractivity (Wildman–Crippen MR) is 97.0 cm³/mol. The number of nitrogens with one attached hydrogen (secondary N) is 1. The van der Waals surface area contributed by atoms with E-state index < -0.39 is 5.97 Å². The molecule has 0 radical (unpaired) electrons. The molecule has 0 bridgehead atoms. The Morgan fingerprint density at radius 2 is 1.92 bits per heavy atom. The van der Waals surface area contributed by atoms with Gasteiger partial charge in [0.05, 0.1) is 12.1 Å². The average molecular weight is 376 g/mol. The number of rotatable bonds is 10. The molecule has 0 unspecified atom stereocenters. The molecule has 26 heavy (non-hydrogen) atoms. The fourth-order valence-corrected chi connectivity index (χ4v) is 3.02. The largest absolute Gasteiger partial charge is 0.497 e. The summed E-state index contributed by atoms with van der Waals surface area (Å²) in [5.41, 5.74) is 0.623. The van der Waals surface area contributed by atoms with E-state index in [2.05, 4.69) is 10.3 Å². The van der Waals surface area contributed by atoms with E-state index in [1.807, 2.05) is 0 Å². The summed E-state index contributed by atoms with van der Waals surface area (Å²) in [6.07, 6.45) is 1.51. The van der Waals surface area contributed by atoms with Crippen LogP contribution in [0.2, 0.25) is 0 Å². The molecule has 138 valence electrons. The normalized spacial score (nSPS) is 10.3. The van der Waals surface area contributed by atoms with Gasteiger partial charge in [0.15, 0.2) is 11.5 Å². The number of amides is 1. The first-order chi connectivity index (χ1) is 12.5. The van der Waals surface area contributed by atoms with Crippen molar-refractivity contribution in [3.05, 3.63) is 45.9 Å². The van der Waals surface area contributed by atoms with Gasteiger partial charge in [0, 0.05) is 36.8 Å². The molecular weight excluding hydrogens is 356 g/mol. The highest BCUT2D eigenvalue weighted by Gasteiger charge is 2.10. The van der Waals surface area contributed by atoms with Gasteiger partial charge in [-0.2, -0.15) is 0 Å². The molecule has 0 saturated carbocycles. The van der Waals surface area contributed by atoms with E-state index in [0.29, 0.717) is 42.1 Å². The minimum atomic E-state index is -1.06. The van der Waals surface area contributed by atoms with Gasteiger partial charge < -0.3 is 15.2 Å². The number of aromatic nitrogens is 1. The van der Waals surface area contributed by atoms with Crippen molar-refractivity contribution in [2.45, 2.75) is 25.7 Å². The number of nitrogens with zero attached hydrogens (tertiary/aromatic N) is 1. The molecule has 0 spiro atoms. The van der Waals surface area contributed by atoms with Crippen molar-refractivity contribution >= 4 is 29.0 Å². The number of ether oxygens (including phenoxy) is 1. The lowest BCUT2D eigenvalue weighted by Gasteiger charge is -2.05. The third kappa shape index (κ3) is 5.96. The Kier molecular flexibility index (Phi) is 7.28. The van der Waals surface area contributed by atoms with Gasteiger partial charge in [0.1, 0.15) is 5.75 Å². The minimum absolute atomic E-state index is 0.00978. The summed E-state index contributed by atoms with van der Waals surface area (Å²) in [5.74, 6) is -0.512. The Hall–Kier alpha value is -2.74. The van der Waals surface area contributed by atoms with Crippen LogP contribution >= 0.6 is 11.3 Å². The lowest BCUT2D eigenvalue weighted by Crippen LogP contribution is -2.25. The second-order valence-corrected chi connectivity index (χ2v) is 6.48. The Labute approximate surface area is 155 Å². The van der Waals surface area contributed by atoms with Crippen LogP contribution in [0.5, 0.6) is 5.75 Å². The Morgan fingerprint density at radius 1 is 1.19 bits per heavy atom. The van der Waals surface area contributed by atoms with E-state index in [1.165, 1.54) is 16.7 Å². The molecule has 1 amide bonds. The third-order valence-electron chi connectivity index (χ3n) is 3.65. The fourth-order valence-electron chi connectivity index (χ4n) is 2.25. The topological polar surface area (TPSA) is 106 Å². The summed E-state index contributed by atoms with van der Waals surface area (Å²) in [7, 11) is 1.56. The van der Waals surface area contributed by atoms with E-state index in [4.69, 9.17) is 9.84 Å². The highest BCUT2D eigenvalue weighted by atomic mass is 32.1. The molecule has 0 aliphatic rings. The Bertz CT molecular complexity index is 770. The Morgan fingerprint density at radius 3 is 2.54 bits per heavy atom. The summed E-state index contributed by atoms with van der Waals surface area (Å²) in [6.45, 7) is 0.387. The lowest BCUT2D eigenvalue weighted by atomic mass is 10.1. The van der Waals surface area contributed by atoms with Crippen molar-refractivity contribution in [1.82, 2.24) is 10.3 Å². The van der Waals surface area contributed by atoms with Crippen molar-refractivity contribution < 1.29 is 24.2 Å². The fraction of sp³-hybridized carbons (Fsp3) is 0.333. The number of carbonyl (C=O) groups is 3. The molecule has 0 fully saturated rings. The van der Waals surface area contributed by atoms with Crippen LogP contribution in [-0.4, -0.2) is 41.4 Å². The molecule has 0 aliphatic heterocycles. The van der Waals surface area contributed by atoms with E-state index in [9.17, 15) is 14.4 Å². The number of thiazole rings is 1. The molecule has 8 heteroatoms. The second kappa shape index (κ2) is 9.67. The smallest absolute Gasteiger partial charge is 0.355 e. The van der Waals surface area contributed by atoms with E-state index >= 15 is 0 Å². The molecule has 0 atom stereocenters. The first kappa shape index (κ1) is 19.6. The number of hydrogen-bond acceptors (Lipinski definition) is 6. The summed E-state index contributed by atoms with van der Waals surface area (Å²) in [5, 5.41) is 13.7. The van der Waals surface area contributed by atoms with Crippen LogP contribution in [0, 0.1) is 0 Å². The number of ketones is 1. The van der Waals surface area contributed by atoms with E-state index in [1.54, 1.807) is 31.4 Å². The maximum Gasteiger partial charge on any atom is 0.355 e. The van der Waals surface area contributed by atoms with Crippen LogP contribution in [0.15, 0.2) is 29.6 Å². The Balaban J connectivity index is 1.64. The zero-order valence-electron chi connectivity index (χ0n) is 14.4. The summed E-state index contributed by atoms with van der Waals surface area (Å²) >= 11 is 1.25. The standard InChI is InChI=1S/C18H20N2O5S/c1-25-13-7-5-12(6-8-13)15(21)3-2-4-16(22)19-10-9-17-20-14(11-26-17)18(23)24/h5-8,11H,2-4,9-10H2,1H3,(H,19,22)(H,23,24). The van der Waals surface area contributed by atoms with Crippen LogP contribution in [0.4, 0.5) is 0 Å². The quantitative estimate of drug-likeness (QED) is 0.618. The number of Topliss-reactive ketones (excluding diaryl/α,β-unsaturated/α-hetero) is 1. The van der Waals surface area contributed by atoms with Crippen LogP contribution < -0.4 is 10.1 Å². The number of benzene rings is 1. The number of methoxy groups -OCH3 is 1. The predicted octanol–water partition coefficient (Wildman–Crippen LogP) is 2.56. The van der Waals surface area contributed by atoms with E-state index in [0.717, 1.165) is 0 Å². The van der Waals surface area contributed by atoms with Gasteiger partial charge in [0.25, 0.3) is 0 Å². The zero-order valence-corrected chi connectivity index (χ0v) is 15.2. The maximum atomic E-state index is 12.1. The number of hydrogen-bond donors (Lipinski definition) is 2. The molecule has 2 aromatic rings. The molecule has 1 aromatic heterocycles. The van der Waals surface area contributed by atoms with Crippen LogP contribution in [0.1, 0.15) is 45.1 Å². The van der Waals surface area contributed by atoms with Crippen molar-refractivity contribution in [3.63, 3.8) is 0 Å². The average Bonchev–Trinajstić information content (AvgIpc) is 3.11. The number of carbonyl (C=O) groups excluding carboxylic acids is 2. The zero-order chi connectivity index (χ0) is 18.9. The monoisotopic (exact) mass is 376 g/mol. The molecule has 1 heterocycles. The summed E-state index contributed by atoms with van der Waals surface area (Å²) in [6, 6.07) is 6.88. The molecule has 0 saturated heterocycles. The number of aromatic carboxylic acids is 1. The van der Waals surface area contributed by atoms with Crippen LogP contribution in [0.25, 0.3) is 0 Å². The van der Waals surface area contributed by atoms with Crippen molar-refractivity contribution in [2.24, 2.45) is 0 Å². The van der Waals surface area contributed by atoms with Gasteiger partial charge in [-0.1, -0.05) is 0 Å². The van der Waals surface area contributed by atoms with Gasteiger partial charge >= 0.3 is 5.97 Å². The highest BCUT2D eigenvalue weighted by molar-refractivity contribution is 7.09. The third-order valence-corrected chi connectivity index (χ3v) is 4.56. The first-order valence-corrected chi connectivity index (χ1v) is 8.99. The van der Waals surface area contributed by atoms with E-state index in [-0.39, 0.29) is 23.8 Å². The molecule has 2 rings (SSSR count). The lowest BCUT2D eigenvalue weighted by molar-refractivity contribution is -0.121. The van der Waals surface area contributed by atoms with Gasteiger partial charge in [-0.3, -0.25) is 9.59 Å². The number of carboxylic acids is 1. The van der Waals surface area contributed by atoms with Crippen LogP contribution in [-0.2, 0) is 11.2 Å². The van der Waals surface area contributed by atoms with Crippen molar-refractivity contribution in [3.8, 4) is 5.75 Å². The summed E-state index contributed by atoms with van der Waals surface area (Å²) < 4.78 is 5.05. The van der Waals surface area contributed by atoms with Crippen molar-refractivity contribution in [1.29, 1.82) is 0 Å².